The number of ether oxygens (including phenoxy) is 6. The molecule has 1 aliphatic rings. The summed E-state index contributed by atoms with van der Waals surface area (Å²) in [6, 6.07) is 17.0. The lowest BCUT2D eigenvalue weighted by Crippen LogP contribution is -2.42. The lowest BCUT2D eigenvalue weighted by Gasteiger charge is -2.40. The van der Waals surface area contributed by atoms with E-state index in [2.05, 4.69) is 25.8 Å². The lowest BCUT2D eigenvalue weighted by molar-refractivity contribution is -0.0162. The SMILES string of the molecule is COc1cc(C(O)(CCN2CCOCC2)C(c2cc3cc(Br)ccc3nc2OC)c2cccc(OC)c2OC)cc(OC)n1. The van der Waals surface area contributed by atoms with Crippen molar-refractivity contribution in [2.75, 3.05) is 68.4 Å². The number of halogens is 1. The molecule has 1 saturated heterocycles. The Morgan fingerprint density at radius 3 is 2.23 bits per heavy atom. The van der Waals surface area contributed by atoms with E-state index in [0.29, 0.717) is 72.0 Å². The molecule has 234 valence electrons. The molecule has 44 heavy (non-hydrogen) atoms. The van der Waals surface area contributed by atoms with Crippen LogP contribution in [0.2, 0.25) is 0 Å². The Kier molecular flexibility index (Phi) is 10.1. The first-order valence-corrected chi connectivity index (χ1v) is 15.1. The molecule has 2 unspecified atom stereocenters. The monoisotopic (exact) mass is 667 g/mol. The maximum Gasteiger partial charge on any atom is 0.217 e. The molecule has 1 aliphatic heterocycles. The number of rotatable bonds is 12. The Morgan fingerprint density at radius 2 is 1.59 bits per heavy atom. The van der Waals surface area contributed by atoms with Crippen LogP contribution in [-0.2, 0) is 10.3 Å². The van der Waals surface area contributed by atoms with E-state index < -0.39 is 11.5 Å². The molecule has 10 nitrogen and oxygen atoms in total. The summed E-state index contributed by atoms with van der Waals surface area (Å²) in [5, 5.41) is 14.2. The van der Waals surface area contributed by atoms with E-state index in [1.165, 1.54) is 14.2 Å². The quantitative estimate of drug-likeness (QED) is 0.217. The number of aromatic nitrogens is 2. The number of para-hydroxylation sites is 1. The first-order valence-electron chi connectivity index (χ1n) is 14.3. The maximum atomic E-state index is 13.4. The van der Waals surface area contributed by atoms with Crippen molar-refractivity contribution in [3.05, 3.63) is 75.8 Å². The van der Waals surface area contributed by atoms with E-state index in [4.69, 9.17) is 33.4 Å². The molecule has 2 aromatic heterocycles. The molecule has 0 aliphatic carbocycles. The summed E-state index contributed by atoms with van der Waals surface area (Å²) < 4.78 is 35.2. The first-order chi connectivity index (χ1) is 21.3. The molecular formula is C33H38BrN3O7. The van der Waals surface area contributed by atoms with E-state index in [-0.39, 0.29) is 0 Å². The predicted molar refractivity (Wildman–Crippen MR) is 170 cm³/mol. The van der Waals surface area contributed by atoms with Crippen LogP contribution in [0, 0.1) is 0 Å². The van der Waals surface area contributed by atoms with Crippen LogP contribution in [0.25, 0.3) is 10.9 Å². The van der Waals surface area contributed by atoms with Crippen LogP contribution in [0.1, 0.15) is 29.0 Å². The van der Waals surface area contributed by atoms with Gasteiger partial charge in [-0.05, 0) is 42.3 Å². The van der Waals surface area contributed by atoms with Crippen LogP contribution >= 0.6 is 15.9 Å². The number of hydrogen-bond donors (Lipinski definition) is 1. The van der Waals surface area contributed by atoms with Gasteiger partial charge in [0, 0.05) is 52.8 Å². The van der Waals surface area contributed by atoms with Crippen molar-refractivity contribution in [2.45, 2.75) is 17.9 Å². The van der Waals surface area contributed by atoms with Gasteiger partial charge in [0.05, 0.1) is 60.2 Å². The summed E-state index contributed by atoms with van der Waals surface area (Å²) in [4.78, 5) is 11.6. The van der Waals surface area contributed by atoms with Crippen molar-refractivity contribution >= 4 is 26.8 Å². The Balaban J connectivity index is 1.83. The van der Waals surface area contributed by atoms with Crippen LogP contribution in [0.4, 0.5) is 0 Å². The molecule has 5 rings (SSSR count). The number of benzene rings is 2. The van der Waals surface area contributed by atoms with Crippen LogP contribution in [0.3, 0.4) is 0 Å². The number of methoxy groups -OCH3 is 5. The highest BCUT2D eigenvalue weighted by atomic mass is 79.9. The van der Waals surface area contributed by atoms with Gasteiger partial charge in [0.25, 0.3) is 0 Å². The standard InChI is InChI=1S/C33H38BrN3O7/c1-39-27-8-6-7-24(31(27)42-4)30(25-18-21-17-23(34)9-10-26(21)35-32(25)43-5)33(38,11-12-37-13-15-44-16-14-37)22-19-28(40-2)36-29(20-22)41-3/h6-10,17-20,30,38H,11-16H2,1-5H3. The highest BCUT2D eigenvalue weighted by molar-refractivity contribution is 9.10. The summed E-state index contributed by atoms with van der Waals surface area (Å²) >= 11 is 3.60. The molecule has 0 amide bonds. The average Bonchev–Trinajstić information content (AvgIpc) is 3.07. The van der Waals surface area contributed by atoms with Gasteiger partial charge in [-0.25, -0.2) is 4.98 Å². The molecule has 2 aromatic carbocycles. The Hall–Kier alpha value is -3.64. The second kappa shape index (κ2) is 14.0. The zero-order valence-electron chi connectivity index (χ0n) is 25.6. The molecule has 3 heterocycles. The summed E-state index contributed by atoms with van der Waals surface area (Å²) in [5.41, 5.74) is 1.11. The third-order valence-electron chi connectivity index (χ3n) is 8.11. The lowest BCUT2D eigenvalue weighted by atomic mass is 9.71. The van der Waals surface area contributed by atoms with E-state index in [1.54, 1.807) is 33.5 Å². The van der Waals surface area contributed by atoms with Gasteiger partial charge in [0.1, 0.15) is 5.60 Å². The highest BCUT2D eigenvalue weighted by Gasteiger charge is 2.45. The summed E-state index contributed by atoms with van der Waals surface area (Å²) in [5.74, 6) is 1.28. The van der Waals surface area contributed by atoms with E-state index >= 15 is 0 Å². The van der Waals surface area contributed by atoms with Crippen molar-refractivity contribution in [1.29, 1.82) is 0 Å². The van der Waals surface area contributed by atoms with E-state index in [1.807, 2.05) is 42.5 Å². The number of nitrogens with zero attached hydrogens (tertiary/aromatic N) is 3. The molecule has 0 saturated carbocycles. The van der Waals surface area contributed by atoms with Crippen molar-refractivity contribution in [3.63, 3.8) is 0 Å². The van der Waals surface area contributed by atoms with Crippen LogP contribution in [0.5, 0.6) is 29.1 Å². The van der Waals surface area contributed by atoms with Crippen molar-refractivity contribution < 1.29 is 33.5 Å². The largest absolute Gasteiger partial charge is 0.493 e. The van der Waals surface area contributed by atoms with Crippen molar-refractivity contribution in [1.82, 2.24) is 14.9 Å². The zero-order chi connectivity index (χ0) is 31.3. The first kappa shape index (κ1) is 31.8. The van der Waals surface area contributed by atoms with Crippen LogP contribution in [-0.4, -0.2) is 88.4 Å². The van der Waals surface area contributed by atoms with Gasteiger partial charge in [-0.2, -0.15) is 4.98 Å². The zero-order valence-corrected chi connectivity index (χ0v) is 27.2. The Morgan fingerprint density at radius 1 is 0.864 bits per heavy atom. The molecule has 0 bridgehead atoms. The summed E-state index contributed by atoms with van der Waals surface area (Å²) in [6.07, 6.45) is 0.327. The topological polar surface area (TPSA) is 105 Å². The Labute approximate surface area is 266 Å². The predicted octanol–water partition coefficient (Wildman–Crippen LogP) is 5.18. The van der Waals surface area contributed by atoms with Gasteiger partial charge in [-0.3, -0.25) is 4.90 Å². The van der Waals surface area contributed by atoms with Crippen molar-refractivity contribution in [2.24, 2.45) is 0 Å². The minimum Gasteiger partial charge on any atom is -0.493 e. The Bertz CT molecular complexity index is 1580. The minimum atomic E-state index is -1.57. The van der Waals surface area contributed by atoms with E-state index in [9.17, 15) is 5.11 Å². The van der Waals surface area contributed by atoms with Gasteiger partial charge in [0.15, 0.2) is 11.5 Å². The fourth-order valence-corrected chi connectivity index (χ4v) is 6.27. The molecule has 0 spiro atoms. The maximum absolute atomic E-state index is 13.4. The fraction of sp³-hybridized carbons (Fsp3) is 0.394. The number of fused-ring (bicyclic) bond motifs is 1. The number of morpholine rings is 1. The molecule has 0 radical (unpaired) electrons. The normalized spacial score (nSPS) is 15.8. The van der Waals surface area contributed by atoms with Gasteiger partial charge >= 0.3 is 0 Å². The molecule has 2 atom stereocenters. The summed E-state index contributed by atoms with van der Waals surface area (Å²) in [6.45, 7) is 3.40. The summed E-state index contributed by atoms with van der Waals surface area (Å²) in [7, 11) is 7.85. The number of aliphatic hydroxyl groups is 1. The molecule has 4 aromatic rings. The second-order valence-corrected chi connectivity index (χ2v) is 11.4. The van der Waals surface area contributed by atoms with E-state index in [0.717, 1.165) is 28.5 Å². The van der Waals surface area contributed by atoms with Gasteiger partial charge in [0.2, 0.25) is 17.6 Å². The van der Waals surface area contributed by atoms with Crippen molar-refractivity contribution in [3.8, 4) is 29.1 Å². The third-order valence-corrected chi connectivity index (χ3v) is 8.60. The molecular weight excluding hydrogens is 630 g/mol. The molecule has 1 N–H and O–H groups in total. The molecule has 1 fully saturated rings. The minimum absolute atomic E-state index is 0.313. The smallest absolute Gasteiger partial charge is 0.217 e. The highest BCUT2D eigenvalue weighted by Crippen LogP contribution is 2.52. The van der Waals surface area contributed by atoms with Gasteiger partial charge in [-0.15, -0.1) is 0 Å². The molecule has 11 heteroatoms. The van der Waals surface area contributed by atoms with Crippen LogP contribution in [0.15, 0.2) is 59.1 Å². The fourth-order valence-electron chi connectivity index (χ4n) is 5.89. The average molecular weight is 669 g/mol. The number of pyridine rings is 2. The third kappa shape index (κ3) is 6.41. The number of hydrogen-bond acceptors (Lipinski definition) is 10. The van der Waals surface area contributed by atoms with Gasteiger partial charge in [-0.1, -0.05) is 28.1 Å². The van der Waals surface area contributed by atoms with Gasteiger partial charge < -0.3 is 33.5 Å². The second-order valence-electron chi connectivity index (χ2n) is 10.5. The van der Waals surface area contributed by atoms with Crippen LogP contribution < -0.4 is 23.7 Å².